The van der Waals surface area contributed by atoms with E-state index in [4.69, 9.17) is 5.73 Å². The highest BCUT2D eigenvalue weighted by molar-refractivity contribution is 5.85. The third-order valence-corrected chi connectivity index (χ3v) is 4.10. The van der Waals surface area contributed by atoms with Gasteiger partial charge in [-0.25, -0.2) is 0 Å². The number of fused-ring (bicyclic) bond motifs is 1. The molecule has 0 spiro atoms. The number of carbonyl (C=O) groups is 1. The fraction of sp³-hybridized carbons (Fsp3) is 0.562. The van der Waals surface area contributed by atoms with Crippen molar-refractivity contribution in [3.05, 3.63) is 35.4 Å². The van der Waals surface area contributed by atoms with Gasteiger partial charge in [-0.1, -0.05) is 24.3 Å². The predicted molar refractivity (Wildman–Crippen MR) is 95.8 cm³/mol. The quantitative estimate of drug-likeness (QED) is 0.876. The van der Waals surface area contributed by atoms with Crippen molar-refractivity contribution < 1.29 is 4.79 Å². The molecule has 1 amide bonds. The summed E-state index contributed by atoms with van der Waals surface area (Å²) in [6, 6.07) is 8.14. The van der Waals surface area contributed by atoms with Crippen LogP contribution < -0.4 is 11.1 Å². The minimum Gasteiger partial charge on any atom is -0.353 e. The highest BCUT2D eigenvalue weighted by Gasteiger charge is 2.30. The molecule has 0 bridgehead atoms. The van der Waals surface area contributed by atoms with Gasteiger partial charge in [0, 0.05) is 25.2 Å². The lowest BCUT2D eigenvalue weighted by Crippen LogP contribution is -2.54. The van der Waals surface area contributed by atoms with Crippen LogP contribution >= 0.6 is 24.8 Å². The van der Waals surface area contributed by atoms with Gasteiger partial charge >= 0.3 is 0 Å². The summed E-state index contributed by atoms with van der Waals surface area (Å²) in [5.74, 6) is -0.0875. The Hall–Kier alpha value is -0.810. The Morgan fingerprint density at radius 1 is 1.32 bits per heavy atom. The molecule has 126 valence electrons. The first-order valence-corrected chi connectivity index (χ1v) is 7.25. The minimum absolute atomic E-state index is 0. The topological polar surface area (TPSA) is 58.4 Å². The van der Waals surface area contributed by atoms with Crippen LogP contribution in [0.2, 0.25) is 0 Å². The van der Waals surface area contributed by atoms with Crippen molar-refractivity contribution in [3.63, 3.8) is 0 Å². The number of amides is 1. The number of benzene rings is 1. The largest absolute Gasteiger partial charge is 0.353 e. The second kappa shape index (κ2) is 8.73. The van der Waals surface area contributed by atoms with Gasteiger partial charge in [-0.2, -0.15) is 0 Å². The maximum atomic E-state index is 11.6. The molecule has 1 aromatic rings. The number of nitrogens with one attached hydrogen (secondary N) is 1. The van der Waals surface area contributed by atoms with Crippen molar-refractivity contribution in [3.8, 4) is 0 Å². The highest BCUT2D eigenvalue weighted by atomic mass is 35.5. The van der Waals surface area contributed by atoms with Gasteiger partial charge in [-0.05, 0) is 38.3 Å². The first-order valence-electron chi connectivity index (χ1n) is 7.25. The van der Waals surface area contributed by atoms with Crippen LogP contribution in [-0.2, 0) is 17.8 Å². The molecule has 1 aliphatic rings. The van der Waals surface area contributed by atoms with Gasteiger partial charge in [-0.15, -0.1) is 24.8 Å². The molecule has 0 aromatic heterocycles. The number of carbonyl (C=O) groups excluding carboxylic acids is 1. The Balaban J connectivity index is 0.00000220. The zero-order valence-electron chi connectivity index (χ0n) is 13.5. The maximum Gasteiger partial charge on any atom is 0.236 e. The van der Waals surface area contributed by atoms with E-state index in [0.717, 1.165) is 19.5 Å². The van der Waals surface area contributed by atoms with E-state index in [1.165, 1.54) is 11.1 Å². The lowest BCUT2D eigenvalue weighted by molar-refractivity contribution is -0.122. The van der Waals surface area contributed by atoms with Crippen molar-refractivity contribution in [2.75, 3.05) is 13.1 Å². The van der Waals surface area contributed by atoms with Crippen molar-refractivity contribution in [2.24, 2.45) is 5.73 Å². The molecule has 4 nitrogen and oxygen atoms in total. The highest BCUT2D eigenvalue weighted by Crippen LogP contribution is 2.24. The van der Waals surface area contributed by atoms with E-state index in [1.54, 1.807) is 6.92 Å². The van der Waals surface area contributed by atoms with Gasteiger partial charge in [-0.3, -0.25) is 9.69 Å². The van der Waals surface area contributed by atoms with Crippen LogP contribution in [0.5, 0.6) is 0 Å². The van der Waals surface area contributed by atoms with E-state index in [9.17, 15) is 4.79 Å². The maximum absolute atomic E-state index is 11.6. The van der Waals surface area contributed by atoms with Gasteiger partial charge < -0.3 is 11.1 Å². The lowest BCUT2D eigenvalue weighted by Gasteiger charge is -2.41. The molecule has 0 saturated carbocycles. The van der Waals surface area contributed by atoms with Crippen molar-refractivity contribution >= 4 is 30.7 Å². The number of hydrogen-bond acceptors (Lipinski definition) is 3. The molecule has 3 N–H and O–H groups in total. The average Bonchev–Trinajstić information content (AvgIpc) is 2.44. The average molecular weight is 348 g/mol. The molecule has 6 heteroatoms. The van der Waals surface area contributed by atoms with Gasteiger partial charge in [0.05, 0.1) is 6.04 Å². The molecule has 1 aliphatic heterocycles. The van der Waals surface area contributed by atoms with Crippen LogP contribution in [0.4, 0.5) is 0 Å². The van der Waals surface area contributed by atoms with Gasteiger partial charge in [0.25, 0.3) is 0 Å². The number of nitrogens with two attached hydrogens (primary N) is 1. The smallest absolute Gasteiger partial charge is 0.236 e. The van der Waals surface area contributed by atoms with Crippen LogP contribution in [0.1, 0.15) is 31.9 Å². The van der Waals surface area contributed by atoms with Gasteiger partial charge in [0.15, 0.2) is 0 Å². The molecule has 1 heterocycles. The molecule has 0 fully saturated rings. The third-order valence-electron chi connectivity index (χ3n) is 4.10. The minimum atomic E-state index is -0.451. The summed E-state index contributed by atoms with van der Waals surface area (Å²) in [5, 5.41) is 2.94. The summed E-state index contributed by atoms with van der Waals surface area (Å²) in [7, 11) is 0. The van der Waals surface area contributed by atoms with Crippen LogP contribution in [0.25, 0.3) is 0 Å². The van der Waals surface area contributed by atoms with Gasteiger partial charge in [0.1, 0.15) is 0 Å². The summed E-state index contributed by atoms with van der Waals surface area (Å²) in [6.07, 6.45) is 1.07. The van der Waals surface area contributed by atoms with Crippen LogP contribution in [0.15, 0.2) is 24.3 Å². The first kappa shape index (κ1) is 21.2. The molecule has 1 atom stereocenters. The summed E-state index contributed by atoms with van der Waals surface area (Å²) in [6.45, 7) is 8.63. The Bertz CT molecular complexity index is 492. The molecular formula is C16H27Cl2N3O. The summed E-state index contributed by atoms with van der Waals surface area (Å²) >= 11 is 0. The van der Waals surface area contributed by atoms with E-state index < -0.39 is 6.04 Å². The zero-order valence-corrected chi connectivity index (χ0v) is 15.1. The zero-order chi connectivity index (χ0) is 14.8. The molecular weight excluding hydrogens is 321 g/mol. The second-order valence-electron chi connectivity index (χ2n) is 6.26. The summed E-state index contributed by atoms with van der Waals surface area (Å²) in [4.78, 5) is 14.0. The summed E-state index contributed by atoms with van der Waals surface area (Å²) < 4.78 is 0. The SMILES string of the molecule is C[C@@H](N)C(=O)NCC(C)(C)N1CCc2ccccc2C1.Cl.Cl. The number of hydrogen-bond donors (Lipinski definition) is 2. The Morgan fingerprint density at radius 2 is 1.91 bits per heavy atom. The van der Waals surface area contributed by atoms with E-state index >= 15 is 0 Å². The number of halogens is 2. The third kappa shape index (κ3) is 5.13. The Morgan fingerprint density at radius 3 is 2.50 bits per heavy atom. The van der Waals surface area contributed by atoms with E-state index in [1.807, 2.05) is 0 Å². The number of rotatable bonds is 4. The molecule has 0 saturated heterocycles. The van der Waals surface area contributed by atoms with E-state index in [-0.39, 0.29) is 36.3 Å². The molecule has 0 unspecified atom stereocenters. The fourth-order valence-electron chi connectivity index (χ4n) is 2.59. The molecule has 0 aliphatic carbocycles. The van der Waals surface area contributed by atoms with Crippen LogP contribution in [-0.4, -0.2) is 35.5 Å². The fourth-order valence-corrected chi connectivity index (χ4v) is 2.59. The Labute approximate surface area is 145 Å². The van der Waals surface area contributed by atoms with Crippen LogP contribution in [0, 0.1) is 0 Å². The molecule has 1 aromatic carbocycles. The Kier molecular flexibility index (Phi) is 8.40. The van der Waals surface area contributed by atoms with Gasteiger partial charge in [0.2, 0.25) is 5.91 Å². The molecule has 0 radical (unpaired) electrons. The molecule has 22 heavy (non-hydrogen) atoms. The van der Waals surface area contributed by atoms with Crippen molar-refractivity contribution in [2.45, 2.75) is 45.3 Å². The molecule has 2 rings (SSSR count). The normalized spacial score (nSPS) is 15.8. The second-order valence-corrected chi connectivity index (χ2v) is 6.26. The predicted octanol–water partition coefficient (Wildman–Crippen LogP) is 2.13. The standard InChI is InChI=1S/C16H25N3O.2ClH/c1-12(17)15(20)18-11-16(2,3)19-9-8-13-6-4-5-7-14(13)10-19;;/h4-7,12H,8-11,17H2,1-3H3,(H,18,20);2*1H/t12-;;/m1../s1. The van der Waals surface area contributed by atoms with Crippen LogP contribution in [0.3, 0.4) is 0 Å². The number of nitrogens with zero attached hydrogens (tertiary/aromatic N) is 1. The monoisotopic (exact) mass is 347 g/mol. The lowest BCUT2D eigenvalue weighted by atomic mass is 9.94. The van der Waals surface area contributed by atoms with Crippen molar-refractivity contribution in [1.29, 1.82) is 0 Å². The van der Waals surface area contributed by atoms with Crippen molar-refractivity contribution in [1.82, 2.24) is 10.2 Å². The summed E-state index contributed by atoms with van der Waals surface area (Å²) in [5.41, 5.74) is 8.35. The van der Waals surface area contributed by atoms with E-state index in [0.29, 0.717) is 6.54 Å². The first-order chi connectivity index (χ1) is 9.40. The van der Waals surface area contributed by atoms with E-state index in [2.05, 4.69) is 48.3 Å².